The van der Waals surface area contributed by atoms with Crippen molar-refractivity contribution in [3.8, 4) is 0 Å². The summed E-state index contributed by atoms with van der Waals surface area (Å²) in [4.78, 5) is 0. The standard InChI is InChI=1S/C10H21N/c1-3-5-7-8-10-11-9-6-4-2/h3,5,11H,4,6-10H2,1-2H3/b5-3-. The SMILES string of the molecule is C/C=C\CCCNCCCC. The molecule has 0 radical (unpaired) electrons. The van der Waals surface area contributed by atoms with Gasteiger partial charge in [-0.1, -0.05) is 25.5 Å². The molecule has 11 heavy (non-hydrogen) atoms. The number of hydrogen-bond donors (Lipinski definition) is 1. The largest absolute Gasteiger partial charge is 0.317 e. The fraction of sp³-hybridized carbons (Fsp3) is 0.800. The average Bonchev–Trinajstić information content (AvgIpc) is 2.03. The van der Waals surface area contributed by atoms with Crippen molar-refractivity contribution in [3.63, 3.8) is 0 Å². The quantitative estimate of drug-likeness (QED) is 0.440. The second-order valence-corrected chi connectivity index (χ2v) is 2.81. The van der Waals surface area contributed by atoms with Gasteiger partial charge in [-0.3, -0.25) is 0 Å². The Balaban J connectivity index is 2.79. The first-order valence-corrected chi connectivity index (χ1v) is 4.73. The van der Waals surface area contributed by atoms with Crippen molar-refractivity contribution in [1.82, 2.24) is 5.32 Å². The van der Waals surface area contributed by atoms with Gasteiger partial charge >= 0.3 is 0 Å². The minimum absolute atomic E-state index is 1.17. The van der Waals surface area contributed by atoms with E-state index < -0.39 is 0 Å². The van der Waals surface area contributed by atoms with Crippen molar-refractivity contribution in [2.45, 2.75) is 39.5 Å². The van der Waals surface area contributed by atoms with E-state index in [1.54, 1.807) is 0 Å². The van der Waals surface area contributed by atoms with Gasteiger partial charge in [0.1, 0.15) is 0 Å². The van der Waals surface area contributed by atoms with Gasteiger partial charge in [0.15, 0.2) is 0 Å². The lowest BCUT2D eigenvalue weighted by Crippen LogP contribution is -2.16. The summed E-state index contributed by atoms with van der Waals surface area (Å²) in [6.07, 6.45) is 9.43. The van der Waals surface area contributed by atoms with Crippen LogP contribution in [0.1, 0.15) is 39.5 Å². The Hall–Kier alpha value is -0.300. The number of unbranched alkanes of at least 4 members (excludes halogenated alkanes) is 2. The van der Waals surface area contributed by atoms with Gasteiger partial charge in [-0.25, -0.2) is 0 Å². The van der Waals surface area contributed by atoms with Crippen LogP contribution in [-0.4, -0.2) is 13.1 Å². The zero-order valence-electron chi connectivity index (χ0n) is 7.90. The van der Waals surface area contributed by atoms with Crippen LogP contribution in [0, 0.1) is 0 Å². The number of rotatable bonds is 7. The van der Waals surface area contributed by atoms with Crippen LogP contribution in [0.5, 0.6) is 0 Å². The van der Waals surface area contributed by atoms with Gasteiger partial charge in [-0.05, 0) is 39.3 Å². The monoisotopic (exact) mass is 155 g/mol. The highest BCUT2D eigenvalue weighted by molar-refractivity contribution is 4.76. The third-order valence-corrected chi connectivity index (χ3v) is 1.67. The molecule has 1 heteroatoms. The summed E-state index contributed by atoms with van der Waals surface area (Å²) in [6.45, 7) is 6.66. The minimum atomic E-state index is 1.17. The predicted octanol–water partition coefficient (Wildman–Crippen LogP) is 2.73. The number of nitrogens with one attached hydrogen (secondary N) is 1. The van der Waals surface area contributed by atoms with E-state index in [0.717, 1.165) is 0 Å². The van der Waals surface area contributed by atoms with E-state index in [-0.39, 0.29) is 0 Å². The summed E-state index contributed by atoms with van der Waals surface area (Å²) in [7, 11) is 0. The number of allylic oxidation sites excluding steroid dienone is 2. The summed E-state index contributed by atoms with van der Waals surface area (Å²) in [5.74, 6) is 0. The molecule has 0 heterocycles. The van der Waals surface area contributed by atoms with E-state index in [2.05, 4.69) is 31.3 Å². The molecule has 0 aromatic heterocycles. The molecule has 0 fully saturated rings. The fourth-order valence-corrected chi connectivity index (χ4v) is 0.938. The van der Waals surface area contributed by atoms with Gasteiger partial charge < -0.3 is 5.32 Å². The average molecular weight is 155 g/mol. The van der Waals surface area contributed by atoms with Gasteiger partial charge in [0.05, 0.1) is 0 Å². The second-order valence-electron chi connectivity index (χ2n) is 2.81. The maximum atomic E-state index is 3.41. The Morgan fingerprint density at radius 1 is 1.18 bits per heavy atom. The van der Waals surface area contributed by atoms with E-state index in [4.69, 9.17) is 0 Å². The molecular formula is C10H21N. The minimum Gasteiger partial charge on any atom is -0.317 e. The first-order valence-electron chi connectivity index (χ1n) is 4.73. The highest BCUT2D eigenvalue weighted by Crippen LogP contribution is 1.89. The topological polar surface area (TPSA) is 12.0 Å². The Morgan fingerprint density at radius 2 is 1.91 bits per heavy atom. The Labute approximate surface area is 70.9 Å². The van der Waals surface area contributed by atoms with Crippen LogP contribution >= 0.6 is 0 Å². The summed E-state index contributed by atoms with van der Waals surface area (Å²) >= 11 is 0. The van der Waals surface area contributed by atoms with Gasteiger partial charge in [0.2, 0.25) is 0 Å². The summed E-state index contributed by atoms with van der Waals surface area (Å²) in [5.41, 5.74) is 0. The van der Waals surface area contributed by atoms with Gasteiger partial charge in [0, 0.05) is 0 Å². The van der Waals surface area contributed by atoms with E-state index in [9.17, 15) is 0 Å². The smallest absolute Gasteiger partial charge is 0.00460 e. The fourth-order valence-electron chi connectivity index (χ4n) is 0.938. The molecule has 0 atom stereocenters. The van der Waals surface area contributed by atoms with Crippen molar-refractivity contribution >= 4 is 0 Å². The van der Waals surface area contributed by atoms with Crippen LogP contribution < -0.4 is 5.32 Å². The Morgan fingerprint density at radius 3 is 2.55 bits per heavy atom. The molecule has 0 saturated carbocycles. The van der Waals surface area contributed by atoms with Crippen molar-refractivity contribution in [1.29, 1.82) is 0 Å². The number of hydrogen-bond acceptors (Lipinski definition) is 1. The molecule has 1 N–H and O–H groups in total. The maximum Gasteiger partial charge on any atom is -0.00460 e. The van der Waals surface area contributed by atoms with Crippen LogP contribution in [0.2, 0.25) is 0 Å². The molecule has 0 aliphatic carbocycles. The molecule has 0 amide bonds. The predicted molar refractivity (Wildman–Crippen MR) is 51.8 cm³/mol. The molecule has 0 aliphatic rings. The van der Waals surface area contributed by atoms with Crippen molar-refractivity contribution in [2.75, 3.05) is 13.1 Å². The molecule has 0 unspecified atom stereocenters. The molecule has 0 saturated heterocycles. The normalized spacial score (nSPS) is 11.1. The second kappa shape index (κ2) is 9.70. The highest BCUT2D eigenvalue weighted by Gasteiger charge is 1.84. The zero-order chi connectivity index (χ0) is 8.36. The third-order valence-electron chi connectivity index (χ3n) is 1.67. The molecule has 0 rings (SSSR count). The lowest BCUT2D eigenvalue weighted by atomic mass is 10.3. The van der Waals surface area contributed by atoms with Crippen LogP contribution in [0.15, 0.2) is 12.2 Å². The van der Waals surface area contributed by atoms with Crippen LogP contribution in [0.3, 0.4) is 0 Å². The first-order chi connectivity index (χ1) is 5.41. The Kier molecular flexibility index (Phi) is 9.44. The molecule has 0 spiro atoms. The highest BCUT2D eigenvalue weighted by atomic mass is 14.8. The summed E-state index contributed by atoms with van der Waals surface area (Å²) in [5, 5.41) is 3.41. The van der Waals surface area contributed by atoms with Gasteiger partial charge in [-0.15, -0.1) is 0 Å². The van der Waals surface area contributed by atoms with Crippen LogP contribution in [0.25, 0.3) is 0 Å². The molecule has 0 aromatic rings. The van der Waals surface area contributed by atoms with E-state index in [1.165, 1.54) is 38.8 Å². The van der Waals surface area contributed by atoms with Crippen LogP contribution in [-0.2, 0) is 0 Å². The first kappa shape index (κ1) is 10.7. The molecule has 0 bridgehead atoms. The van der Waals surface area contributed by atoms with Crippen LogP contribution in [0.4, 0.5) is 0 Å². The van der Waals surface area contributed by atoms with Crippen molar-refractivity contribution in [2.24, 2.45) is 0 Å². The maximum absolute atomic E-state index is 3.41. The lowest BCUT2D eigenvalue weighted by molar-refractivity contribution is 0.620. The molecule has 1 nitrogen and oxygen atoms in total. The molecular weight excluding hydrogens is 134 g/mol. The Bertz CT molecular complexity index is 86.9. The van der Waals surface area contributed by atoms with E-state index >= 15 is 0 Å². The van der Waals surface area contributed by atoms with E-state index in [0.29, 0.717) is 0 Å². The molecule has 66 valence electrons. The summed E-state index contributed by atoms with van der Waals surface area (Å²) < 4.78 is 0. The lowest BCUT2D eigenvalue weighted by Gasteiger charge is -2.00. The van der Waals surface area contributed by atoms with Gasteiger partial charge in [0.25, 0.3) is 0 Å². The molecule has 0 aromatic carbocycles. The zero-order valence-corrected chi connectivity index (χ0v) is 7.90. The van der Waals surface area contributed by atoms with Gasteiger partial charge in [-0.2, -0.15) is 0 Å². The molecule has 0 aliphatic heterocycles. The van der Waals surface area contributed by atoms with E-state index in [1.807, 2.05) is 0 Å². The summed E-state index contributed by atoms with van der Waals surface area (Å²) in [6, 6.07) is 0. The van der Waals surface area contributed by atoms with Crippen molar-refractivity contribution in [3.05, 3.63) is 12.2 Å². The van der Waals surface area contributed by atoms with Crippen molar-refractivity contribution < 1.29 is 0 Å². The third kappa shape index (κ3) is 9.70.